The van der Waals surface area contributed by atoms with Crippen molar-refractivity contribution in [2.75, 3.05) is 33.4 Å². The molecule has 6 heteroatoms. The zero-order valence-electron chi connectivity index (χ0n) is 10.2. The van der Waals surface area contributed by atoms with Crippen molar-refractivity contribution in [3.8, 4) is 11.8 Å². The Bertz CT molecular complexity index is 306. The zero-order valence-corrected chi connectivity index (χ0v) is 10.2. The predicted molar refractivity (Wildman–Crippen MR) is 62.6 cm³/mol. The number of aliphatic carboxylic acids is 1. The Hall–Kier alpha value is -1.74. The second-order valence-corrected chi connectivity index (χ2v) is 3.22. The van der Waals surface area contributed by atoms with Crippen LogP contribution in [0.1, 0.15) is 13.3 Å². The number of hydrogen-bond donors (Lipinski definition) is 2. The molecule has 0 aliphatic rings. The van der Waals surface area contributed by atoms with Gasteiger partial charge in [0, 0.05) is 26.6 Å². The van der Waals surface area contributed by atoms with Crippen molar-refractivity contribution < 1.29 is 19.4 Å². The molecule has 0 fully saturated rings. The average molecular weight is 242 g/mol. The molecule has 96 valence electrons. The van der Waals surface area contributed by atoms with Crippen LogP contribution in [0.25, 0.3) is 0 Å². The molecule has 0 aromatic rings. The van der Waals surface area contributed by atoms with Crippen LogP contribution in [0.3, 0.4) is 0 Å². The minimum absolute atomic E-state index is 0.244. The van der Waals surface area contributed by atoms with E-state index in [4.69, 9.17) is 9.84 Å². The molecule has 0 saturated heterocycles. The maximum atomic E-state index is 11.6. The lowest BCUT2D eigenvalue weighted by Crippen LogP contribution is -2.44. The van der Waals surface area contributed by atoms with Crippen molar-refractivity contribution in [1.82, 2.24) is 10.2 Å². The van der Waals surface area contributed by atoms with Crippen molar-refractivity contribution in [2.24, 2.45) is 0 Å². The van der Waals surface area contributed by atoms with Gasteiger partial charge in [0.1, 0.15) is 6.54 Å². The number of rotatable bonds is 7. The SMILES string of the molecule is CC#CCCNC(=O)N(CCOC)CC(=O)O. The minimum Gasteiger partial charge on any atom is -0.480 e. The van der Waals surface area contributed by atoms with Gasteiger partial charge in [-0.15, -0.1) is 11.8 Å². The summed E-state index contributed by atoms with van der Waals surface area (Å²) < 4.78 is 4.81. The van der Waals surface area contributed by atoms with E-state index >= 15 is 0 Å². The fraction of sp³-hybridized carbons (Fsp3) is 0.636. The van der Waals surface area contributed by atoms with Crippen LogP contribution in [-0.2, 0) is 9.53 Å². The van der Waals surface area contributed by atoms with E-state index in [-0.39, 0.29) is 13.1 Å². The number of methoxy groups -OCH3 is 1. The molecular formula is C11H18N2O4. The van der Waals surface area contributed by atoms with Crippen molar-refractivity contribution in [1.29, 1.82) is 0 Å². The number of hydrogen-bond acceptors (Lipinski definition) is 3. The lowest BCUT2D eigenvalue weighted by molar-refractivity contribution is -0.137. The molecule has 2 N–H and O–H groups in total. The van der Waals surface area contributed by atoms with Gasteiger partial charge in [-0.25, -0.2) is 4.79 Å². The molecule has 0 unspecified atom stereocenters. The van der Waals surface area contributed by atoms with Crippen LogP contribution in [0.4, 0.5) is 4.79 Å². The summed E-state index contributed by atoms with van der Waals surface area (Å²) in [4.78, 5) is 23.3. The molecule has 6 nitrogen and oxygen atoms in total. The third-order valence-electron chi connectivity index (χ3n) is 1.88. The van der Waals surface area contributed by atoms with E-state index in [1.807, 2.05) is 0 Å². The fourth-order valence-corrected chi connectivity index (χ4v) is 1.09. The van der Waals surface area contributed by atoms with Gasteiger partial charge in [-0.3, -0.25) is 4.79 Å². The highest BCUT2D eigenvalue weighted by atomic mass is 16.5. The third kappa shape index (κ3) is 8.11. The molecule has 2 amide bonds. The first-order chi connectivity index (χ1) is 8.11. The number of carboxylic acids is 1. The zero-order chi connectivity index (χ0) is 13.1. The van der Waals surface area contributed by atoms with E-state index in [0.29, 0.717) is 19.6 Å². The van der Waals surface area contributed by atoms with Crippen LogP contribution in [-0.4, -0.2) is 55.4 Å². The van der Waals surface area contributed by atoms with E-state index in [0.717, 1.165) is 0 Å². The highest BCUT2D eigenvalue weighted by molar-refractivity contribution is 5.80. The summed E-state index contributed by atoms with van der Waals surface area (Å²) in [5.41, 5.74) is 0. The fourth-order valence-electron chi connectivity index (χ4n) is 1.09. The van der Waals surface area contributed by atoms with E-state index in [1.165, 1.54) is 12.0 Å². The lowest BCUT2D eigenvalue weighted by atomic mass is 10.4. The Morgan fingerprint density at radius 1 is 1.47 bits per heavy atom. The molecule has 0 aromatic carbocycles. The van der Waals surface area contributed by atoms with Crippen LogP contribution in [0.2, 0.25) is 0 Å². The first-order valence-corrected chi connectivity index (χ1v) is 5.25. The van der Waals surface area contributed by atoms with E-state index in [9.17, 15) is 9.59 Å². The maximum absolute atomic E-state index is 11.6. The Labute approximate surface area is 101 Å². The molecule has 0 aliphatic carbocycles. The molecule has 0 heterocycles. The van der Waals surface area contributed by atoms with Gasteiger partial charge in [-0.2, -0.15) is 0 Å². The highest BCUT2D eigenvalue weighted by Gasteiger charge is 2.15. The number of carbonyl (C=O) groups excluding carboxylic acids is 1. The number of carbonyl (C=O) groups is 2. The largest absolute Gasteiger partial charge is 0.480 e. The topological polar surface area (TPSA) is 78.9 Å². The normalized spacial score (nSPS) is 9.06. The summed E-state index contributed by atoms with van der Waals surface area (Å²) in [6.07, 6.45) is 0.549. The summed E-state index contributed by atoms with van der Waals surface area (Å²) in [5.74, 6) is 4.46. The van der Waals surface area contributed by atoms with Crippen molar-refractivity contribution >= 4 is 12.0 Å². The molecule has 0 rings (SSSR count). The average Bonchev–Trinajstić information content (AvgIpc) is 2.29. The second-order valence-electron chi connectivity index (χ2n) is 3.22. The molecule has 0 saturated carbocycles. The summed E-state index contributed by atoms with van der Waals surface area (Å²) in [7, 11) is 1.49. The number of amides is 2. The van der Waals surface area contributed by atoms with E-state index in [2.05, 4.69) is 17.2 Å². The third-order valence-corrected chi connectivity index (χ3v) is 1.88. The maximum Gasteiger partial charge on any atom is 0.323 e. The number of nitrogens with one attached hydrogen (secondary N) is 1. The summed E-state index contributed by atoms with van der Waals surface area (Å²) >= 11 is 0. The van der Waals surface area contributed by atoms with Gasteiger partial charge < -0.3 is 20.1 Å². The van der Waals surface area contributed by atoms with Crippen molar-refractivity contribution in [3.63, 3.8) is 0 Å². The predicted octanol–water partition coefficient (Wildman–Crippen LogP) is 0.142. The lowest BCUT2D eigenvalue weighted by Gasteiger charge is -2.20. The molecule has 0 bridgehead atoms. The molecule has 0 aromatic heterocycles. The van der Waals surface area contributed by atoms with Crippen LogP contribution >= 0.6 is 0 Å². The smallest absolute Gasteiger partial charge is 0.323 e. The number of urea groups is 1. The number of ether oxygens (including phenoxy) is 1. The number of nitrogens with zero attached hydrogens (tertiary/aromatic N) is 1. The molecular weight excluding hydrogens is 224 g/mol. The summed E-state index contributed by atoms with van der Waals surface area (Å²) in [5, 5.41) is 11.3. The standard InChI is InChI=1S/C11H18N2O4/c1-3-4-5-6-12-11(16)13(7-8-17-2)9-10(14)15/h5-9H2,1-2H3,(H,12,16)(H,14,15). The molecule has 17 heavy (non-hydrogen) atoms. The van der Waals surface area contributed by atoms with E-state index in [1.54, 1.807) is 6.92 Å². The highest BCUT2D eigenvalue weighted by Crippen LogP contribution is 1.90. The monoisotopic (exact) mass is 242 g/mol. The van der Waals surface area contributed by atoms with Gasteiger partial charge >= 0.3 is 12.0 Å². The Balaban J connectivity index is 4.09. The molecule has 0 radical (unpaired) electrons. The Morgan fingerprint density at radius 2 is 2.18 bits per heavy atom. The van der Waals surface area contributed by atoms with Crippen LogP contribution in [0, 0.1) is 11.8 Å². The van der Waals surface area contributed by atoms with Gasteiger partial charge in [0.15, 0.2) is 0 Å². The van der Waals surface area contributed by atoms with Gasteiger partial charge in [-0.1, -0.05) is 0 Å². The van der Waals surface area contributed by atoms with Gasteiger partial charge in [0.2, 0.25) is 0 Å². The molecule has 0 spiro atoms. The molecule has 0 aliphatic heterocycles. The summed E-state index contributed by atoms with van der Waals surface area (Å²) in [6, 6.07) is -0.414. The first-order valence-electron chi connectivity index (χ1n) is 5.25. The Morgan fingerprint density at radius 3 is 2.71 bits per heavy atom. The van der Waals surface area contributed by atoms with Crippen molar-refractivity contribution in [3.05, 3.63) is 0 Å². The van der Waals surface area contributed by atoms with Gasteiger partial charge in [-0.05, 0) is 6.92 Å². The first kappa shape index (κ1) is 15.3. The summed E-state index contributed by atoms with van der Waals surface area (Å²) in [6.45, 7) is 2.33. The second kappa shape index (κ2) is 9.48. The van der Waals surface area contributed by atoms with Gasteiger partial charge in [0.25, 0.3) is 0 Å². The van der Waals surface area contributed by atoms with Crippen LogP contribution < -0.4 is 5.32 Å². The van der Waals surface area contributed by atoms with Crippen molar-refractivity contribution in [2.45, 2.75) is 13.3 Å². The number of carboxylic acid groups (broad SMARTS) is 1. The van der Waals surface area contributed by atoms with Gasteiger partial charge in [0.05, 0.1) is 6.61 Å². The Kier molecular flexibility index (Phi) is 8.51. The van der Waals surface area contributed by atoms with Crippen LogP contribution in [0.15, 0.2) is 0 Å². The molecule has 0 atom stereocenters. The van der Waals surface area contributed by atoms with E-state index < -0.39 is 12.0 Å². The van der Waals surface area contributed by atoms with Crippen LogP contribution in [0.5, 0.6) is 0 Å². The quantitative estimate of drug-likeness (QED) is 0.492. The minimum atomic E-state index is -1.05.